The van der Waals surface area contributed by atoms with Crippen LogP contribution in [0.3, 0.4) is 0 Å². The Labute approximate surface area is 167 Å². The molecule has 0 spiro atoms. The van der Waals surface area contributed by atoms with Crippen LogP contribution in [0.25, 0.3) is 11.2 Å². The van der Waals surface area contributed by atoms with Crippen molar-refractivity contribution in [3.8, 4) is 0 Å². The summed E-state index contributed by atoms with van der Waals surface area (Å²) in [7, 11) is 1.46. The molecule has 11 nitrogen and oxygen atoms in total. The van der Waals surface area contributed by atoms with Gasteiger partial charge in [0.15, 0.2) is 23.2 Å². The molecule has 0 saturated carbocycles. The maximum absolute atomic E-state index is 12.2. The highest BCUT2D eigenvalue weighted by Gasteiger charge is 2.44. The van der Waals surface area contributed by atoms with Crippen LogP contribution in [0.5, 0.6) is 0 Å². The molecule has 1 saturated heterocycles. The summed E-state index contributed by atoms with van der Waals surface area (Å²) in [5, 5.41) is 23.4. The lowest BCUT2D eigenvalue weighted by Gasteiger charge is -2.17. The molecule has 1 fully saturated rings. The van der Waals surface area contributed by atoms with E-state index in [9.17, 15) is 15.0 Å². The number of carbonyl (C=O) groups excluding carboxylic acids is 1. The second kappa shape index (κ2) is 8.93. The number of ether oxygens (including phenoxy) is 3. The van der Waals surface area contributed by atoms with E-state index in [-0.39, 0.29) is 30.7 Å². The molecular formula is C18H25N5O6. The molecule has 4 atom stereocenters. The number of fused-ring (bicyclic) bond motifs is 1. The highest BCUT2D eigenvalue weighted by atomic mass is 16.6. The summed E-state index contributed by atoms with van der Waals surface area (Å²) in [5.41, 5.74) is 0.858. The van der Waals surface area contributed by atoms with Crippen LogP contribution in [0.2, 0.25) is 0 Å². The summed E-state index contributed by atoms with van der Waals surface area (Å²) < 4.78 is 17.7. The minimum Gasteiger partial charge on any atom is -0.387 e. The number of hydrogen-bond donors (Lipinski definition) is 3. The first-order valence-electron chi connectivity index (χ1n) is 9.12. The smallest absolute Gasteiger partial charge is 0.254 e. The number of amides is 1. The van der Waals surface area contributed by atoms with Crippen molar-refractivity contribution < 1.29 is 29.2 Å². The largest absolute Gasteiger partial charge is 0.387 e. The summed E-state index contributed by atoms with van der Waals surface area (Å²) >= 11 is 0. The van der Waals surface area contributed by atoms with Gasteiger partial charge in [0.1, 0.15) is 24.6 Å². The summed E-state index contributed by atoms with van der Waals surface area (Å²) in [6.07, 6.45) is -1.33. The monoisotopic (exact) mass is 407 g/mol. The zero-order valence-electron chi connectivity index (χ0n) is 16.5. The second-order valence-electron chi connectivity index (χ2n) is 6.97. The summed E-state index contributed by atoms with van der Waals surface area (Å²) in [6, 6.07) is 0. The molecule has 1 aliphatic rings. The zero-order chi connectivity index (χ0) is 21.1. The molecular weight excluding hydrogens is 382 g/mol. The van der Waals surface area contributed by atoms with E-state index < -0.39 is 30.4 Å². The summed E-state index contributed by atoms with van der Waals surface area (Å²) in [6.45, 7) is 7.60. The van der Waals surface area contributed by atoms with Gasteiger partial charge in [-0.25, -0.2) is 15.0 Å². The number of methoxy groups -OCH3 is 1. The van der Waals surface area contributed by atoms with E-state index in [0.717, 1.165) is 0 Å². The van der Waals surface area contributed by atoms with Crippen molar-refractivity contribution in [1.29, 1.82) is 0 Å². The Kier molecular flexibility index (Phi) is 6.55. The van der Waals surface area contributed by atoms with Crippen LogP contribution in [0, 0.1) is 0 Å². The van der Waals surface area contributed by atoms with E-state index in [0.29, 0.717) is 11.2 Å². The number of anilines is 1. The average molecular weight is 407 g/mol. The van der Waals surface area contributed by atoms with Gasteiger partial charge in [0.2, 0.25) is 0 Å². The highest BCUT2D eigenvalue weighted by molar-refractivity contribution is 6.06. The van der Waals surface area contributed by atoms with Crippen LogP contribution in [0.1, 0.15) is 20.1 Å². The molecule has 29 heavy (non-hydrogen) atoms. The Bertz CT molecular complexity index is 885. The quantitative estimate of drug-likeness (QED) is 0.516. The maximum Gasteiger partial charge on any atom is 0.254 e. The normalized spacial score (nSPS) is 24.3. The number of hydrogen-bond acceptors (Lipinski definition) is 9. The van der Waals surface area contributed by atoms with Gasteiger partial charge >= 0.3 is 0 Å². The molecule has 3 N–H and O–H groups in total. The third-order valence-corrected chi connectivity index (χ3v) is 4.44. The average Bonchev–Trinajstić information content (AvgIpc) is 3.23. The lowest BCUT2D eigenvalue weighted by molar-refractivity contribution is -0.113. The molecule has 0 aliphatic carbocycles. The van der Waals surface area contributed by atoms with E-state index in [1.165, 1.54) is 24.3 Å². The Morgan fingerprint density at radius 2 is 2.10 bits per heavy atom. The van der Waals surface area contributed by atoms with Crippen LogP contribution in [0.4, 0.5) is 5.82 Å². The molecule has 158 valence electrons. The fourth-order valence-corrected chi connectivity index (χ4v) is 2.95. The standard InChI is InChI=1S/C18H25N5O6/c1-9(2)28-6-11-13(24)14(25)18(29-11)23-8-21-12-15(19-7-20-16(12)23)22-17(26)10(3)5-27-4/h7-9,11,13-14,18,24-25H,3,5-6H2,1-2,4H3,(H,19,20,22,26)/t11-,13+,14+,18+/m0/s1. The van der Waals surface area contributed by atoms with Gasteiger partial charge in [0, 0.05) is 12.7 Å². The number of rotatable bonds is 8. The van der Waals surface area contributed by atoms with E-state index in [4.69, 9.17) is 14.2 Å². The number of carbonyl (C=O) groups is 1. The van der Waals surface area contributed by atoms with Gasteiger partial charge in [-0.1, -0.05) is 6.58 Å². The first kappa shape index (κ1) is 21.3. The van der Waals surface area contributed by atoms with Gasteiger partial charge in [0.25, 0.3) is 5.91 Å². The number of aromatic nitrogens is 4. The number of imidazole rings is 1. The number of aliphatic hydroxyl groups excluding tert-OH is 2. The highest BCUT2D eigenvalue weighted by Crippen LogP contribution is 2.32. The van der Waals surface area contributed by atoms with Gasteiger partial charge in [-0.2, -0.15) is 0 Å². The lowest BCUT2D eigenvalue weighted by atomic mass is 10.1. The first-order chi connectivity index (χ1) is 13.8. The summed E-state index contributed by atoms with van der Waals surface area (Å²) in [5.74, 6) is -0.274. The second-order valence-corrected chi connectivity index (χ2v) is 6.97. The predicted molar refractivity (Wildman–Crippen MR) is 102 cm³/mol. The molecule has 0 aromatic carbocycles. The van der Waals surface area contributed by atoms with Gasteiger partial charge in [-0.15, -0.1) is 0 Å². The number of aliphatic hydroxyl groups is 2. The molecule has 1 aliphatic heterocycles. The number of nitrogens with one attached hydrogen (secondary N) is 1. The molecule has 0 unspecified atom stereocenters. The van der Waals surface area contributed by atoms with Gasteiger partial charge in [-0.05, 0) is 13.8 Å². The van der Waals surface area contributed by atoms with Crippen LogP contribution >= 0.6 is 0 Å². The Morgan fingerprint density at radius 1 is 1.34 bits per heavy atom. The fourth-order valence-electron chi connectivity index (χ4n) is 2.95. The predicted octanol–water partition coefficient (Wildman–Crippen LogP) is 0.0116. The van der Waals surface area contributed by atoms with Gasteiger partial charge in [0.05, 0.1) is 25.6 Å². The lowest BCUT2D eigenvalue weighted by Crippen LogP contribution is -2.34. The summed E-state index contributed by atoms with van der Waals surface area (Å²) in [4.78, 5) is 24.6. The van der Waals surface area contributed by atoms with Crippen LogP contribution in [0.15, 0.2) is 24.8 Å². The third kappa shape index (κ3) is 4.43. The van der Waals surface area contributed by atoms with Crippen molar-refractivity contribution in [2.75, 3.05) is 25.6 Å². The van der Waals surface area contributed by atoms with Crippen molar-refractivity contribution in [1.82, 2.24) is 19.5 Å². The van der Waals surface area contributed by atoms with E-state index in [2.05, 4.69) is 26.8 Å². The molecule has 11 heteroatoms. The molecule has 2 aromatic heterocycles. The Balaban J connectivity index is 1.83. The van der Waals surface area contributed by atoms with Crippen molar-refractivity contribution in [3.05, 3.63) is 24.8 Å². The minimum absolute atomic E-state index is 0.0390. The SMILES string of the molecule is C=C(COC)C(=O)Nc1ncnc2c1ncn2[C@@H]1O[C@@H](COC(C)C)[C@@H](O)[C@H]1O. The van der Waals surface area contributed by atoms with Crippen LogP contribution < -0.4 is 5.32 Å². The van der Waals surface area contributed by atoms with Crippen molar-refractivity contribution in [3.63, 3.8) is 0 Å². The van der Waals surface area contributed by atoms with Gasteiger partial charge < -0.3 is 29.7 Å². The van der Waals surface area contributed by atoms with Gasteiger partial charge in [-0.3, -0.25) is 9.36 Å². The van der Waals surface area contributed by atoms with Crippen molar-refractivity contribution in [2.24, 2.45) is 0 Å². The fraction of sp³-hybridized carbons (Fsp3) is 0.556. The van der Waals surface area contributed by atoms with E-state index in [1.54, 1.807) is 0 Å². The molecule has 0 bridgehead atoms. The zero-order valence-corrected chi connectivity index (χ0v) is 16.5. The van der Waals surface area contributed by atoms with E-state index >= 15 is 0 Å². The number of nitrogens with zero attached hydrogens (tertiary/aromatic N) is 4. The molecule has 2 aromatic rings. The van der Waals surface area contributed by atoms with Crippen LogP contribution in [-0.2, 0) is 19.0 Å². The molecule has 3 rings (SSSR count). The molecule has 1 amide bonds. The topological polar surface area (TPSA) is 141 Å². The van der Waals surface area contributed by atoms with Crippen molar-refractivity contribution >= 4 is 22.9 Å². The third-order valence-electron chi connectivity index (χ3n) is 4.44. The molecule has 3 heterocycles. The van der Waals surface area contributed by atoms with Crippen LogP contribution in [-0.4, -0.2) is 80.4 Å². The van der Waals surface area contributed by atoms with Crippen molar-refractivity contribution in [2.45, 2.75) is 44.5 Å². The Morgan fingerprint density at radius 3 is 2.79 bits per heavy atom. The maximum atomic E-state index is 12.2. The molecule has 0 radical (unpaired) electrons. The first-order valence-corrected chi connectivity index (χ1v) is 9.12. The van der Waals surface area contributed by atoms with E-state index in [1.807, 2.05) is 13.8 Å². The minimum atomic E-state index is -1.21. The Hall–Kier alpha value is -2.44.